The molecule has 3 rings (SSSR count). The van der Waals surface area contributed by atoms with Crippen molar-refractivity contribution in [1.29, 1.82) is 0 Å². The molecule has 0 unspecified atom stereocenters. The van der Waals surface area contributed by atoms with E-state index in [1.54, 1.807) is 18.2 Å². The van der Waals surface area contributed by atoms with Crippen LogP contribution in [-0.4, -0.2) is 5.11 Å². The van der Waals surface area contributed by atoms with Crippen LogP contribution in [0.1, 0.15) is 31.9 Å². The van der Waals surface area contributed by atoms with E-state index in [1.807, 2.05) is 26.8 Å². The minimum absolute atomic E-state index is 0.0300. The van der Waals surface area contributed by atoms with Crippen molar-refractivity contribution >= 4 is 0 Å². The Balaban J connectivity index is 2.03. The minimum atomic E-state index is -4.47. The van der Waals surface area contributed by atoms with Crippen LogP contribution in [0.2, 0.25) is 0 Å². The van der Waals surface area contributed by atoms with E-state index in [0.29, 0.717) is 11.3 Å². The van der Waals surface area contributed by atoms with Crippen molar-refractivity contribution in [1.82, 2.24) is 0 Å². The van der Waals surface area contributed by atoms with E-state index in [4.69, 9.17) is 4.42 Å². The highest BCUT2D eigenvalue weighted by atomic mass is 19.4. The largest absolute Gasteiger partial charge is 0.507 e. The zero-order chi connectivity index (χ0) is 19.1. The first-order valence-corrected chi connectivity index (χ1v) is 8.17. The molecule has 0 aliphatic rings. The normalized spacial score (nSPS) is 12.4. The maximum atomic E-state index is 13.2. The van der Waals surface area contributed by atoms with Gasteiger partial charge in [0.05, 0.1) is 11.1 Å². The van der Waals surface area contributed by atoms with Crippen LogP contribution in [0.15, 0.2) is 59.0 Å². The third-order valence-electron chi connectivity index (χ3n) is 4.23. The van der Waals surface area contributed by atoms with Crippen molar-refractivity contribution in [3.8, 4) is 28.4 Å². The molecule has 5 heteroatoms. The Bertz CT molecular complexity index is 931. The number of benzene rings is 2. The molecule has 0 aliphatic heterocycles. The fourth-order valence-corrected chi connectivity index (χ4v) is 2.78. The number of alkyl halides is 3. The molecule has 2 nitrogen and oxygen atoms in total. The first-order chi connectivity index (χ1) is 12.1. The summed E-state index contributed by atoms with van der Waals surface area (Å²) < 4.78 is 45.2. The molecule has 0 bridgehead atoms. The zero-order valence-corrected chi connectivity index (χ0v) is 14.7. The van der Waals surface area contributed by atoms with Crippen molar-refractivity contribution in [3.63, 3.8) is 0 Å². The van der Waals surface area contributed by atoms with Crippen LogP contribution in [0.5, 0.6) is 5.75 Å². The molecule has 136 valence electrons. The molecular formula is C21H19F3O2. The fraction of sp³-hybridized carbons (Fsp3) is 0.238. The maximum Gasteiger partial charge on any atom is 0.417 e. The summed E-state index contributed by atoms with van der Waals surface area (Å²) in [5, 5.41) is 10.3. The minimum Gasteiger partial charge on any atom is -0.507 e. The molecule has 2 aromatic carbocycles. The van der Waals surface area contributed by atoms with Crippen LogP contribution in [0.3, 0.4) is 0 Å². The molecule has 0 spiro atoms. The van der Waals surface area contributed by atoms with Gasteiger partial charge >= 0.3 is 6.18 Å². The first kappa shape index (κ1) is 18.1. The monoisotopic (exact) mass is 360 g/mol. The Morgan fingerprint density at radius 3 is 2.00 bits per heavy atom. The fourth-order valence-electron chi connectivity index (χ4n) is 2.78. The predicted molar refractivity (Wildman–Crippen MR) is 94.9 cm³/mol. The highest BCUT2D eigenvalue weighted by molar-refractivity contribution is 5.71. The summed E-state index contributed by atoms with van der Waals surface area (Å²) in [6.07, 6.45) is -4.47. The third-order valence-corrected chi connectivity index (χ3v) is 4.23. The smallest absolute Gasteiger partial charge is 0.417 e. The molecule has 0 fully saturated rings. The van der Waals surface area contributed by atoms with E-state index in [-0.39, 0.29) is 22.5 Å². The van der Waals surface area contributed by atoms with Crippen molar-refractivity contribution < 1.29 is 22.7 Å². The Kier molecular flexibility index (Phi) is 4.34. The van der Waals surface area contributed by atoms with Gasteiger partial charge in [0.2, 0.25) is 0 Å². The molecule has 0 amide bonds. The van der Waals surface area contributed by atoms with Gasteiger partial charge in [0.1, 0.15) is 17.3 Å². The van der Waals surface area contributed by atoms with Crippen molar-refractivity contribution in [2.24, 2.45) is 0 Å². The second-order valence-electron chi connectivity index (χ2n) is 7.19. The second-order valence-corrected chi connectivity index (χ2v) is 7.19. The molecular weight excluding hydrogens is 341 g/mol. The average Bonchev–Trinajstić information content (AvgIpc) is 3.02. The average molecular weight is 360 g/mol. The van der Waals surface area contributed by atoms with Crippen molar-refractivity contribution in [3.05, 3.63) is 65.7 Å². The standard InChI is InChI=1S/C21H19F3O2/c1-20(2,3)13-8-9-15(17(25)12-13)19-11-10-18(26-19)14-6-4-5-7-16(14)21(22,23)24/h4-12,25H,1-3H3. The van der Waals surface area contributed by atoms with E-state index in [9.17, 15) is 18.3 Å². The number of phenols is 1. The summed E-state index contributed by atoms with van der Waals surface area (Å²) in [5.41, 5.74) is 0.475. The predicted octanol–water partition coefficient (Wildman–Crippen LogP) is 6.64. The Morgan fingerprint density at radius 2 is 1.42 bits per heavy atom. The van der Waals surface area contributed by atoms with Crippen LogP contribution in [0, 0.1) is 0 Å². The van der Waals surface area contributed by atoms with Gasteiger partial charge in [0.25, 0.3) is 0 Å². The number of halogens is 3. The van der Waals surface area contributed by atoms with E-state index in [0.717, 1.165) is 11.6 Å². The highest BCUT2D eigenvalue weighted by Gasteiger charge is 2.34. The van der Waals surface area contributed by atoms with Crippen molar-refractivity contribution in [2.45, 2.75) is 32.4 Å². The number of hydrogen-bond acceptors (Lipinski definition) is 2. The van der Waals surface area contributed by atoms with Gasteiger partial charge < -0.3 is 9.52 Å². The number of aromatic hydroxyl groups is 1. The first-order valence-electron chi connectivity index (χ1n) is 8.17. The Labute approximate surface area is 149 Å². The van der Waals surface area contributed by atoms with Crippen LogP contribution in [0.4, 0.5) is 13.2 Å². The number of phenolic OH excluding ortho intramolecular Hbond substituents is 1. The summed E-state index contributed by atoms with van der Waals surface area (Å²) >= 11 is 0. The Morgan fingerprint density at radius 1 is 0.808 bits per heavy atom. The SMILES string of the molecule is CC(C)(C)c1ccc(-c2ccc(-c3ccccc3C(F)(F)F)o2)c(O)c1. The summed E-state index contributed by atoms with van der Waals surface area (Å²) in [4.78, 5) is 0. The van der Waals surface area contributed by atoms with E-state index in [2.05, 4.69) is 0 Å². The maximum absolute atomic E-state index is 13.2. The molecule has 0 saturated heterocycles. The highest BCUT2D eigenvalue weighted by Crippen LogP contribution is 2.40. The van der Waals surface area contributed by atoms with Gasteiger partial charge in [-0.15, -0.1) is 0 Å². The van der Waals surface area contributed by atoms with Crippen LogP contribution >= 0.6 is 0 Å². The number of furan rings is 1. The van der Waals surface area contributed by atoms with Crippen molar-refractivity contribution in [2.75, 3.05) is 0 Å². The summed E-state index contributed by atoms with van der Waals surface area (Å²) in [6.45, 7) is 6.08. The second kappa shape index (κ2) is 6.24. The molecule has 0 radical (unpaired) electrons. The molecule has 1 aromatic heterocycles. The lowest BCUT2D eigenvalue weighted by molar-refractivity contribution is -0.137. The van der Waals surface area contributed by atoms with Crippen LogP contribution in [-0.2, 0) is 11.6 Å². The van der Waals surface area contributed by atoms with E-state index < -0.39 is 11.7 Å². The summed E-state index contributed by atoms with van der Waals surface area (Å²) in [7, 11) is 0. The lowest BCUT2D eigenvalue weighted by Gasteiger charge is -2.19. The molecule has 3 aromatic rings. The summed E-state index contributed by atoms with van der Waals surface area (Å²) in [5.74, 6) is 0.449. The van der Waals surface area contributed by atoms with Gasteiger partial charge in [-0.2, -0.15) is 13.2 Å². The van der Waals surface area contributed by atoms with Crippen LogP contribution < -0.4 is 0 Å². The molecule has 26 heavy (non-hydrogen) atoms. The van der Waals surface area contributed by atoms with Gasteiger partial charge in [0, 0.05) is 5.56 Å². The molecule has 0 atom stereocenters. The number of hydrogen-bond donors (Lipinski definition) is 1. The molecule has 0 aliphatic carbocycles. The lowest BCUT2D eigenvalue weighted by Crippen LogP contribution is -2.10. The zero-order valence-electron chi connectivity index (χ0n) is 14.7. The van der Waals surface area contributed by atoms with Gasteiger partial charge in [0.15, 0.2) is 0 Å². The van der Waals surface area contributed by atoms with Gasteiger partial charge in [-0.25, -0.2) is 0 Å². The third kappa shape index (κ3) is 3.47. The lowest BCUT2D eigenvalue weighted by atomic mass is 9.86. The van der Waals surface area contributed by atoms with Gasteiger partial charge in [-0.05, 0) is 41.3 Å². The Hall–Kier alpha value is -2.69. The molecule has 1 heterocycles. The van der Waals surface area contributed by atoms with E-state index in [1.165, 1.54) is 24.3 Å². The molecule has 1 N–H and O–H groups in total. The van der Waals surface area contributed by atoms with Gasteiger partial charge in [-0.3, -0.25) is 0 Å². The number of rotatable bonds is 2. The summed E-state index contributed by atoms with van der Waals surface area (Å²) in [6, 6.07) is 13.6. The topological polar surface area (TPSA) is 33.4 Å². The quantitative estimate of drug-likeness (QED) is 0.556. The van der Waals surface area contributed by atoms with Crippen LogP contribution in [0.25, 0.3) is 22.6 Å². The molecule has 0 saturated carbocycles. The van der Waals surface area contributed by atoms with E-state index >= 15 is 0 Å². The van der Waals surface area contributed by atoms with Gasteiger partial charge in [-0.1, -0.05) is 45.0 Å².